The maximum absolute atomic E-state index is 14.4. The molecule has 5 atom stereocenters. The summed E-state index contributed by atoms with van der Waals surface area (Å²) in [7, 11) is 0. The molecule has 0 saturated carbocycles. The van der Waals surface area contributed by atoms with Gasteiger partial charge in [-0.05, 0) is 55.2 Å². The van der Waals surface area contributed by atoms with Gasteiger partial charge in [-0.2, -0.15) is 0 Å². The number of benzene rings is 2. The molecule has 21 nitrogen and oxygen atoms in total. The molecule has 1 aromatic heterocycles. The summed E-state index contributed by atoms with van der Waals surface area (Å²) in [6.07, 6.45) is 0.727. The second kappa shape index (κ2) is 25.2. The van der Waals surface area contributed by atoms with E-state index in [2.05, 4.69) is 36.9 Å². The number of guanidine groups is 1. The van der Waals surface area contributed by atoms with E-state index in [0.29, 0.717) is 10.5 Å². The number of nitrogens with zero attached hydrogens (tertiary/aromatic N) is 1. The number of hydrogen-bond acceptors (Lipinski definition) is 11. The maximum Gasteiger partial charge on any atom is 0.417 e. The van der Waals surface area contributed by atoms with Crippen LogP contribution in [0.15, 0.2) is 60.8 Å². The Kier molecular flexibility index (Phi) is 20.2. The number of carboxylic acids is 1. The van der Waals surface area contributed by atoms with Gasteiger partial charge < -0.3 is 58.2 Å². The lowest BCUT2D eigenvalue weighted by molar-refractivity contribution is -0.140. The van der Waals surface area contributed by atoms with Gasteiger partial charge in [0.2, 0.25) is 29.5 Å². The molecule has 64 heavy (non-hydrogen) atoms. The Bertz CT molecular complexity index is 2110. The first-order valence-corrected chi connectivity index (χ1v) is 20.9. The third-order valence-electron chi connectivity index (χ3n) is 9.76. The van der Waals surface area contributed by atoms with Crippen molar-refractivity contribution in [1.82, 2.24) is 41.8 Å². The van der Waals surface area contributed by atoms with Crippen LogP contribution in [-0.2, 0) is 51.3 Å². The monoisotopic (exact) mass is 891 g/mol. The highest BCUT2D eigenvalue weighted by atomic mass is 16.6. The van der Waals surface area contributed by atoms with Gasteiger partial charge >= 0.3 is 12.1 Å². The van der Waals surface area contributed by atoms with Gasteiger partial charge in [0, 0.05) is 30.1 Å². The Morgan fingerprint density at radius 1 is 0.797 bits per heavy atom. The van der Waals surface area contributed by atoms with Crippen molar-refractivity contribution in [3.63, 3.8) is 0 Å². The topological polar surface area (TPSA) is 333 Å². The summed E-state index contributed by atoms with van der Waals surface area (Å²) >= 11 is 0. The minimum atomic E-state index is -1.47. The lowest BCUT2D eigenvalue weighted by atomic mass is 9.98. The molecule has 0 spiro atoms. The van der Waals surface area contributed by atoms with Crippen LogP contribution in [0.3, 0.4) is 0 Å². The molecule has 13 N–H and O–H groups in total. The molecule has 1 heterocycles. The standard InChI is InChI=1S/C43H61N11O10/c1-24(2)18-32(52-39(60)33(51-37(58)26(5)44)19-28-20-48-30-15-10-9-14-29(28)30)40(61)53-36(25(3)4)41(62)54(43(63)64-23-27-12-7-6-8-13-27)22-34(55)50-31(16-11-17-47-42(45)46)38(59)49-21-35(56)57/h6-10,12-15,20,24-26,31-33,36,48H,11,16-19,21-23,44H2,1-5H3,(H,49,59)(H,50,55)(H,51,58)(H,52,60)(H,53,61)(H,56,57)(H4,45,46,47)/t26-,31-,32-,33-,36-/m0/s1. The van der Waals surface area contributed by atoms with Crippen molar-refractivity contribution in [3.05, 3.63) is 71.9 Å². The van der Waals surface area contributed by atoms with Crippen LogP contribution < -0.4 is 43.4 Å². The number of imide groups is 1. The fourth-order valence-corrected chi connectivity index (χ4v) is 6.44. The third-order valence-corrected chi connectivity index (χ3v) is 9.76. The van der Waals surface area contributed by atoms with Crippen molar-refractivity contribution in [2.45, 2.75) is 97.1 Å². The first kappa shape index (κ1) is 51.3. The Balaban J connectivity index is 1.91. The highest BCUT2D eigenvalue weighted by Crippen LogP contribution is 2.20. The Morgan fingerprint density at radius 3 is 2.06 bits per heavy atom. The molecule has 3 rings (SSSR count). The number of carboxylic acid groups (broad SMARTS) is 1. The summed E-state index contributed by atoms with van der Waals surface area (Å²) in [4.78, 5) is 111. The van der Waals surface area contributed by atoms with E-state index in [4.69, 9.17) is 26.7 Å². The maximum atomic E-state index is 14.4. The Hall–Kier alpha value is -7.03. The van der Waals surface area contributed by atoms with Gasteiger partial charge in [-0.15, -0.1) is 0 Å². The molecule has 7 amide bonds. The van der Waals surface area contributed by atoms with Crippen molar-refractivity contribution < 1.29 is 48.2 Å². The van der Waals surface area contributed by atoms with Crippen molar-refractivity contribution >= 4 is 64.4 Å². The van der Waals surface area contributed by atoms with E-state index < -0.39 is 96.7 Å². The summed E-state index contributed by atoms with van der Waals surface area (Å²) in [5.41, 5.74) is 13.2. The lowest BCUT2D eigenvalue weighted by Crippen LogP contribution is -2.60. The first-order chi connectivity index (χ1) is 30.3. The van der Waals surface area contributed by atoms with Gasteiger partial charge in [-0.3, -0.25) is 39.0 Å². The van der Waals surface area contributed by atoms with Crippen molar-refractivity contribution in [1.29, 1.82) is 5.41 Å². The zero-order valence-electron chi connectivity index (χ0n) is 36.7. The number of aliphatic carboxylic acids is 1. The molecule has 0 aliphatic rings. The molecule has 0 aliphatic heterocycles. The normalized spacial score (nSPS) is 13.4. The average molecular weight is 892 g/mol. The minimum absolute atomic E-state index is 0.0386. The van der Waals surface area contributed by atoms with Crippen LogP contribution in [0.1, 0.15) is 65.0 Å². The number of nitrogens with two attached hydrogens (primary N) is 2. The van der Waals surface area contributed by atoms with E-state index in [1.54, 1.807) is 50.4 Å². The quantitative estimate of drug-likeness (QED) is 0.0329. The van der Waals surface area contributed by atoms with Gasteiger partial charge in [0.05, 0.1) is 6.04 Å². The molecule has 0 fully saturated rings. The summed E-state index contributed by atoms with van der Waals surface area (Å²) in [5, 5.41) is 32.5. The second-order valence-electron chi connectivity index (χ2n) is 16.0. The molecule has 0 radical (unpaired) electrons. The highest BCUT2D eigenvalue weighted by molar-refractivity contribution is 6.02. The van der Waals surface area contributed by atoms with E-state index in [1.165, 1.54) is 6.92 Å². The van der Waals surface area contributed by atoms with Crippen LogP contribution in [0.5, 0.6) is 0 Å². The number of hydrogen-bond donors (Lipinski definition) is 11. The molecule has 348 valence electrons. The summed E-state index contributed by atoms with van der Waals surface area (Å²) in [6.45, 7) is 6.37. The number of nitrogens with one attached hydrogen (secondary N) is 8. The molecule has 0 bridgehead atoms. The number of para-hydroxylation sites is 1. The molecule has 3 aromatic rings. The SMILES string of the molecule is CC(C)C[C@H](NC(=O)[C@H](Cc1c[nH]c2ccccc12)NC(=O)[C@H](C)N)C(=O)N[C@H](C(=O)N(CC(=O)N[C@@H](CCCNC(=N)N)C(=O)NCC(=O)O)C(=O)OCc1ccccc1)C(C)C. The number of rotatable bonds is 24. The molecule has 21 heteroatoms. The van der Waals surface area contributed by atoms with E-state index in [1.807, 2.05) is 38.1 Å². The lowest BCUT2D eigenvalue weighted by Gasteiger charge is -2.30. The number of carbonyl (C=O) groups is 8. The van der Waals surface area contributed by atoms with E-state index in [-0.39, 0.29) is 50.7 Å². The molecule has 0 saturated heterocycles. The zero-order valence-corrected chi connectivity index (χ0v) is 36.7. The smallest absolute Gasteiger partial charge is 0.417 e. The number of carbonyl (C=O) groups excluding carboxylic acids is 7. The molecular weight excluding hydrogens is 831 g/mol. The van der Waals surface area contributed by atoms with Crippen LogP contribution in [0, 0.1) is 17.2 Å². The Labute approximate surface area is 371 Å². The number of fused-ring (bicyclic) bond motifs is 1. The fraction of sp³-hybridized carbons (Fsp3) is 0.465. The average Bonchev–Trinajstić information content (AvgIpc) is 3.65. The first-order valence-electron chi connectivity index (χ1n) is 20.9. The van der Waals surface area contributed by atoms with Crippen molar-refractivity contribution in [3.8, 4) is 0 Å². The molecule has 0 aliphatic carbocycles. The van der Waals surface area contributed by atoms with Gasteiger partial charge in [0.1, 0.15) is 43.9 Å². The number of aromatic amines is 1. The predicted octanol–water partition coefficient (Wildman–Crippen LogP) is 0.328. The number of aromatic nitrogens is 1. The molecule has 2 aromatic carbocycles. The Morgan fingerprint density at radius 2 is 1.44 bits per heavy atom. The number of ether oxygens (including phenoxy) is 1. The van der Waals surface area contributed by atoms with Gasteiger partial charge in [0.15, 0.2) is 5.96 Å². The van der Waals surface area contributed by atoms with Crippen LogP contribution >= 0.6 is 0 Å². The van der Waals surface area contributed by atoms with Crippen molar-refractivity contribution in [2.24, 2.45) is 23.3 Å². The predicted molar refractivity (Wildman–Crippen MR) is 236 cm³/mol. The fourth-order valence-electron chi connectivity index (χ4n) is 6.44. The van der Waals surface area contributed by atoms with Gasteiger partial charge in [-0.25, -0.2) is 9.69 Å². The van der Waals surface area contributed by atoms with Gasteiger partial charge in [0.25, 0.3) is 5.91 Å². The van der Waals surface area contributed by atoms with Crippen molar-refractivity contribution in [2.75, 3.05) is 19.6 Å². The van der Waals surface area contributed by atoms with Crippen LogP contribution in [0.2, 0.25) is 0 Å². The van der Waals surface area contributed by atoms with Crippen LogP contribution in [0.25, 0.3) is 10.9 Å². The van der Waals surface area contributed by atoms with E-state index in [9.17, 15) is 38.4 Å². The minimum Gasteiger partial charge on any atom is -0.480 e. The number of amides is 7. The molecular formula is C43H61N11O10. The summed E-state index contributed by atoms with van der Waals surface area (Å²) in [5.74, 6) is -7.57. The number of H-pyrrole nitrogens is 1. The summed E-state index contributed by atoms with van der Waals surface area (Å²) in [6, 6.07) is 9.71. The second-order valence-corrected chi connectivity index (χ2v) is 16.0. The van der Waals surface area contributed by atoms with Gasteiger partial charge in [-0.1, -0.05) is 76.2 Å². The van der Waals surface area contributed by atoms with Crippen LogP contribution in [0.4, 0.5) is 4.79 Å². The third kappa shape index (κ3) is 16.7. The zero-order chi connectivity index (χ0) is 47.5. The largest absolute Gasteiger partial charge is 0.480 e. The molecule has 0 unspecified atom stereocenters. The van der Waals surface area contributed by atoms with E-state index >= 15 is 0 Å². The van der Waals surface area contributed by atoms with Crippen LogP contribution in [-0.4, -0.2) is 118 Å². The highest BCUT2D eigenvalue weighted by Gasteiger charge is 2.37. The summed E-state index contributed by atoms with van der Waals surface area (Å²) < 4.78 is 5.45. The van der Waals surface area contributed by atoms with E-state index in [0.717, 1.165) is 16.5 Å².